The van der Waals surface area contributed by atoms with Crippen molar-refractivity contribution >= 4 is 52.2 Å². The highest BCUT2D eigenvalue weighted by Crippen LogP contribution is 2.33. The molecule has 2 aromatic carbocycles. The molecule has 7 nitrogen and oxygen atoms in total. The van der Waals surface area contributed by atoms with Gasteiger partial charge in [-0.05, 0) is 66.4 Å². The highest BCUT2D eigenvalue weighted by atomic mass is 35.5. The fourth-order valence-corrected chi connectivity index (χ4v) is 4.16. The summed E-state index contributed by atoms with van der Waals surface area (Å²) in [5.74, 6) is -0.293. The Labute approximate surface area is 193 Å². The van der Waals surface area contributed by atoms with E-state index in [0.717, 1.165) is 33.8 Å². The highest BCUT2D eigenvalue weighted by molar-refractivity contribution is 8.18. The number of carbonyl (C=O) groups is 3. The Morgan fingerprint density at radius 1 is 1.09 bits per heavy atom. The van der Waals surface area contributed by atoms with Crippen LogP contribution < -0.4 is 10.1 Å². The van der Waals surface area contributed by atoms with Gasteiger partial charge in [0, 0.05) is 17.6 Å². The molecule has 0 unspecified atom stereocenters. The molecule has 2 heterocycles. The fraction of sp³-hybridized carbons (Fsp3) is 0.0870. The maximum absolute atomic E-state index is 12.8. The van der Waals surface area contributed by atoms with Crippen LogP contribution in [-0.2, 0) is 9.59 Å². The second-order valence-electron chi connectivity index (χ2n) is 6.80. The summed E-state index contributed by atoms with van der Waals surface area (Å²) in [7, 11) is 1.60. The third kappa shape index (κ3) is 4.56. The summed E-state index contributed by atoms with van der Waals surface area (Å²) in [6.07, 6.45) is 3.50. The smallest absolute Gasteiger partial charge is 0.294 e. The Kier molecular flexibility index (Phi) is 6.34. The van der Waals surface area contributed by atoms with Crippen LogP contribution in [0.4, 0.5) is 10.5 Å². The lowest BCUT2D eigenvalue weighted by Crippen LogP contribution is -2.36. The molecule has 1 fully saturated rings. The number of thioether (sulfide) groups is 1. The molecule has 3 aromatic rings. The van der Waals surface area contributed by atoms with Gasteiger partial charge in [-0.1, -0.05) is 23.7 Å². The average molecular weight is 468 g/mol. The standard InChI is InChI=1S/C23H18ClN3O4S/c1-31-17-10-8-15(9-11-17)26-12-4-5-16(26)13-20-22(29)27(23(30)32-20)14-21(28)25-19-7-3-2-6-18(19)24/h2-13H,14H2,1H3,(H,25,28)/b20-13+. The van der Waals surface area contributed by atoms with E-state index in [1.165, 1.54) is 0 Å². The zero-order valence-corrected chi connectivity index (χ0v) is 18.5. The SMILES string of the molecule is COc1ccc(-n2cccc2/C=C2/SC(=O)N(CC(=O)Nc3ccccc3Cl)C2=O)cc1. The molecule has 0 saturated carbocycles. The first-order chi connectivity index (χ1) is 15.5. The van der Waals surface area contributed by atoms with E-state index in [1.807, 2.05) is 47.2 Å². The summed E-state index contributed by atoms with van der Waals surface area (Å²) in [4.78, 5) is 38.7. The van der Waals surface area contributed by atoms with Crippen LogP contribution in [0.25, 0.3) is 11.8 Å². The molecule has 4 rings (SSSR count). The first-order valence-electron chi connectivity index (χ1n) is 9.58. The summed E-state index contributed by atoms with van der Waals surface area (Å²) in [5.41, 5.74) is 2.01. The number of benzene rings is 2. The Hall–Kier alpha value is -3.49. The van der Waals surface area contributed by atoms with Crippen LogP contribution in [0, 0.1) is 0 Å². The lowest BCUT2D eigenvalue weighted by molar-refractivity contribution is -0.127. The molecule has 0 spiro atoms. The number of nitrogens with zero attached hydrogens (tertiary/aromatic N) is 2. The number of hydrogen-bond donors (Lipinski definition) is 1. The molecule has 1 aliphatic heterocycles. The molecule has 1 saturated heterocycles. The van der Waals surface area contributed by atoms with E-state index in [0.29, 0.717) is 10.7 Å². The van der Waals surface area contributed by atoms with Crippen molar-refractivity contribution in [3.05, 3.63) is 82.5 Å². The number of nitrogens with one attached hydrogen (secondary N) is 1. The number of hydrogen-bond acceptors (Lipinski definition) is 5. The van der Waals surface area contributed by atoms with Gasteiger partial charge in [-0.25, -0.2) is 0 Å². The van der Waals surface area contributed by atoms with Crippen molar-refractivity contribution in [2.45, 2.75) is 0 Å². The molecular formula is C23H18ClN3O4S. The van der Waals surface area contributed by atoms with Gasteiger partial charge in [0.25, 0.3) is 11.1 Å². The zero-order valence-electron chi connectivity index (χ0n) is 16.9. The number of rotatable bonds is 6. The van der Waals surface area contributed by atoms with E-state index in [9.17, 15) is 14.4 Å². The van der Waals surface area contributed by atoms with E-state index in [2.05, 4.69) is 5.32 Å². The molecule has 0 aliphatic carbocycles. The van der Waals surface area contributed by atoms with Gasteiger partial charge < -0.3 is 14.6 Å². The van der Waals surface area contributed by atoms with Crippen LogP contribution >= 0.6 is 23.4 Å². The molecule has 0 bridgehead atoms. The van der Waals surface area contributed by atoms with Gasteiger partial charge in [0.15, 0.2) is 0 Å². The summed E-state index contributed by atoms with van der Waals surface area (Å²) in [6.45, 7) is -0.396. The minimum atomic E-state index is -0.517. The molecule has 1 N–H and O–H groups in total. The van der Waals surface area contributed by atoms with Crippen LogP contribution in [0.2, 0.25) is 5.02 Å². The predicted molar refractivity (Wildman–Crippen MR) is 125 cm³/mol. The monoisotopic (exact) mass is 467 g/mol. The van der Waals surface area contributed by atoms with Crippen LogP contribution in [0.5, 0.6) is 5.75 Å². The van der Waals surface area contributed by atoms with E-state index < -0.39 is 23.6 Å². The van der Waals surface area contributed by atoms with Gasteiger partial charge in [0.1, 0.15) is 12.3 Å². The van der Waals surface area contributed by atoms with Gasteiger partial charge in [-0.3, -0.25) is 19.3 Å². The number of ether oxygens (including phenoxy) is 1. The second-order valence-corrected chi connectivity index (χ2v) is 8.20. The topological polar surface area (TPSA) is 80.6 Å². The Morgan fingerprint density at radius 3 is 2.56 bits per heavy atom. The second kappa shape index (κ2) is 9.33. The number of carbonyl (C=O) groups excluding carboxylic acids is 3. The third-order valence-electron chi connectivity index (χ3n) is 4.73. The minimum absolute atomic E-state index is 0.244. The van der Waals surface area contributed by atoms with Crippen molar-refractivity contribution in [1.29, 1.82) is 0 Å². The van der Waals surface area contributed by atoms with Gasteiger partial charge in [0.2, 0.25) is 5.91 Å². The highest BCUT2D eigenvalue weighted by Gasteiger charge is 2.36. The average Bonchev–Trinajstić information content (AvgIpc) is 3.35. The molecular weight excluding hydrogens is 450 g/mol. The predicted octanol–water partition coefficient (Wildman–Crippen LogP) is 4.81. The van der Waals surface area contributed by atoms with Crippen molar-refractivity contribution in [2.24, 2.45) is 0 Å². The number of anilines is 1. The molecule has 32 heavy (non-hydrogen) atoms. The zero-order chi connectivity index (χ0) is 22.7. The first-order valence-corrected chi connectivity index (χ1v) is 10.8. The number of halogens is 1. The van der Waals surface area contributed by atoms with Gasteiger partial charge in [0.05, 0.1) is 22.7 Å². The summed E-state index contributed by atoms with van der Waals surface area (Å²) in [5, 5.41) is 2.49. The van der Waals surface area contributed by atoms with E-state index >= 15 is 0 Å². The molecule has 0 radical (unpaired) electrons. The first kappa shape index (κ1) is 21.7. The maximum atomic E-state index is 12.8. The molecule has 0 atom stereocenters. The Morgan fingerprint density at radius 2 is 1.84 bits per heavy atom. The quantitative estimate of drug-likeness (QED) is 0.526. The maximum Gasteiger partial charge on any atom is 0.294 e. The van der Waals surface area contributed by atoms with Crippen molar-refractivity contribution in [1.82, 2.24) is 9.47 Å². The number of amides is 3. The van der Waals surface area contributed by atoms with Gasteiger partial charge >= 0.3 is 0 Å². The van der Waals surface area contributed by atoms with Gasteiger partial charge in [-0.2, -0.15) is 0 Å². The van der Waals surface area contributed by atoms with Crippen LogP contribution in [0.15, 0.2) is 71.8 Å². The van der Waals surface area contributed by atoms with E-state index in [-0.39, 0.29) is 4.91 Å². The fourth-order valence-electron chi connectivity index (χ4n) is 3.16. The number of para-hydroxylation sites is 1. The Bertz CT molecular complexity index is 1220. The third-order valence-corrected chi connectivity index (χ3v) is 5.97. The van der Waals surface area contributed by atoms with Crippen molar-refractivity contribution in [2.75, 3.05) is 19.0 Å². The van der Waals surface area contributed by atoms with Crippen molar-refractivity contribution < 1.29 is 19.1 Å². The normalized spacial score (nSPS) is 14.8. The summed E-state index contributed by atoms with van der Waals surface area (Å²) in [6, 6.07) is 17.9. The summed E-state index contributed by atoms with van der Waals surface area (Å²) < 4.78 is 7.07. The molecule has 162 valence electrons. The molecule has 3 amide bonds. The Balaban J connectivity index is 1.50. The minimum Gasteiger partial charge on any atom is -0.497 e. The lowest BCUT2D eigenvalue weighted by atomic mass is 10.2. The van der Waals surface area contributed by atoms with Crippen molar-refractivity contribution in [3.63, 3.8) is 0 Å². The largest absolute Gasteiger partial charge is 0.497 e. The number of imide groups is 1. The number of aromatic nitrogens is 1. The van der Waals surface area contributed by atoms with E-state index in [1.54, 1.807) is 37.5 Å². The molecule has 1 aromatic heterocycles. The van der Waals surface area contributed by atoms with Crippen LogP contribution in [0.1, 0.15) is 5.69 Å². The molecule has 1 aliphatic rings. The summed E-state index contributed by atoms with van der Waals surface area (Å²) >= 11 is 6.84. The van der Waals surface area contributed by atoms with Gasteiger partial charge in [-0.15, -0.1) is 0 Å². The van der Waals surface area contributed by atoms with E-state index in [4.69, 9.17) is 16.3 Å². The van der Waals surface area contributed by atoms with Crippen molar-refractivity contribution in [3.8, 4) is 11.4 Å². The molecule has 9 heteroatoms. The van der Waals surface area contributed by atoms with Crippen LogP contribution in [0.3, 0.4) is 0 Å². The van der Waals surface area contributed by atoms with Crippen LogP contribution in [-0.4, -0.2) is 40.2 Å². The lowest BCUT2D eigenvalue weighted by Gasteiger charge is -2.13. The number of methoxy groups -OCH3 is 1.